The third-order valence-corrected chi connectivity index (χ3v) is 2.34. The molecule has 0 aliphatic rings. The van der Waals surface area contributed by atoms with Crippen molar-refractivity contribution < 1.29 is 4.79 Å². The molecular formula is C12H18N2O. The van der Waals surface area contributed by atoms with Gasteiger partial charge in [0.25, 0.3) is 0 Å². The van der Waals surface area contributed by atoms with E-state index in [9.17, 15) is 4.79 Å². The normalized spacial score (nSPS) is 12.1. The highest BCUT2D eigenvalue weighted by Crippen LogP contribution is 2.07. The molecule has 0 unspecified atom stereocenters. The molecule has 0 fully saturated rings. The third-order valence-electron chi connectivity index (χ3n) is 2.34. The zero-order chi connectivity index (χ0) is 11.3. The summed E-state index contributed by atoms with van der Waals surface area (Å²) in [5.41, 5.74) is 7.28. The average molecular weight is 206 g/mol. The Balaban J connectivity index is 2.51. The summed E-state index contributed by atoms with van der Waals surface area (Å²) >= 11 is 0. The molecule has 1 atom stereocenters. The quantitative estimate of drug-likeness (QED) is 0.737. The molecule has 15 heavy (non-hydrogen) atoms. The van der Waals surface area contributed by atoms with E-state index in [1.807, 2.05) is 38.1 Å². The average Bonchev–Trinajstić information content (AvgIpc) is 2.17. The van der Waals surface area contributed by atoms with E-state index in [1.54, 1.807) is 0 Å². The Morgan fingerprint density at radius 2 is 2.27 bits per heavy atom. The molecule has 0 aliphatic carbocycles. The summed E-state index contributed by atoms with van der Waals surface area (Å²) < 4.78 is 0. The second kappa shape index (κ2) is 5.39. The van der Waals surface area contributed by atoms with Crippen molar-refractivity contribution >= 4 is 11.6 Å². The molecule has 1 rings (SSSR count). The number of rotatable bonds is 4. The molecule has 0 aromatic heterocycles. The molecule has 0 heterocycles. The molecule has 82 valence electrons. The van der Waals surface area contributed by atoms with Crippen molar-refractivity contribution in [2.45, 2.75) is 32.7 Å². The van der Waals surface area contributed by atoms with Gasteiger partial charge in [-0.3, -0.25) is 4.79 Å². The third kappa shape index (κ3) is 4.02. The zero-order valence-electron chi connectivity index (χ0n) is 9.29. The molecule has 0 radical (unpaired) electrons. The van der Waals surface area contributed by atoms with E-state index >= 15 is 0 Å². The van der Waals surface area contributed by atoms with Crippen molar-refractivity contribution in [3.63, 3.8) is 0 Å². The van der Waals surface area contributed by atoms with E-state index in [2.05, 4.69) is 5.32 Å². The fourth-order valence-electron chi connectivity index (χ4n) is 1.32. The Hall–Kier alpha value is -1.51. The molecule has 3 heteroatoms. The minimum atomic E-state index is 0.0509. The van der Waals surface area contributed by atoms with Gasteiger partial charge >= 0.3 is 0 Å². The lowest BCUT2D eigenvalue weighted by Gasteiger charge is -2.11. The fourth-order valence-corrected chi connectivity index (χ4v) is 1.32. The number of nitrogen functional groups attached to an aromatic ring is 1. The highest BCUT2D eigenvalue weighted by molar-refractivity contribution is 5.79. The van der Waals surface area contributed by atoms with Crippen molar-refractivity contribution in [3.05, 3.63) is 29.8 Å². The summed E-state index contributed by atoms with van der Waals surface area (Å²) in [5, 5.41) is 2.92. The number of benzene rings is 1. The van der Waals surface area contributed by atoms with Gasteiger partial charge in [-0.05, 0) is 31.0 Å². The number of nitrogens with one attached hydrogen (secondary N) is 1. The molecule has 0 saturated heterocycles. The van der Waals surface area contributed by atoms with Crippen molar-refractivity contribution in [2.24, 2.45) is 0 Å². The Bertz CT molecular complexity index is 336. The maximum absolute atomic E-state index is 11.5. The van der Waals surface area contributed by atoms with Gasteiger partial charge in [-0.25, -0.2) is 0 Å². The van der Waals surface area contributed by atoms with Gasteiger partial charge in [0.15, 0.2) is 0 Å². The number of carbonyl (C=O) groups is 1. The molecule has 3 N–H and O–H groups in total. The summed E-state index contributed by atoms with van der Waals surface area (Å²) in [7, 11) is 0. The van der Waals surface area contributed by atoms with Crippen LogP contribution in [-0.2, 0) is 11.2 Å². The summed E-state index contributed by atoms with van der Waals surface area (Å²) in [4.78, 5) is 11.5. The van der Waals surface area contributed by atoms with Gasteiger partial charge in [0, 0.05) is 11.7 Å². The number of anilines is 1. The van der Waals surface area contributed by atoms with Crippen molar-refractivity contribution in [2.75, 3.05) is 5.73 Å². The van der Waals surface area contributed by atoms with Gasteiger partial charge in [-0.2, -0.15) is 0 Å². The maximum atomic E-state index is 11.5. The molecule has 3 nitrogen and oxygen atoms in total. The van der Waals surface area contributed by atoms with E-state index in [0.717, 1.165) is 12.0 Å². The molecule has 1 aromatic rings. The molecule has 0 bridgehead atoms. The molecule has 0 saturated carbocycles. The van der Waals surface area contributed by atoms with Gasteiger partial charge in [-0.1, -0.05) is 19.1 Å². The first-order valence-corrected chi connectivity index (χ1v) is 5.25. The summed E-state index contributed by atoms with van der Waals surface area (Å²) in [5.74, 6) is 0.0509. The monoisotopic (exact) mass is 206 g/mol. The van der Waals surface area contributed by atoms with Crippen LogP contribution in [0.4, 0.5) is 5.69 Å². The van der Waals surface area contributed by atoms with E-state index in [1.165, 1.54) is 0 Å². The van der Waals surface area contributed by atoms with E-state index in [4.69, 9.17) is 5.73 Å². The molecule has 0 aliphatic heterocycles. The second-order valence-corrected chi connectivity index (χ2v) is 3.80. The van der Waals surface area contributed by atoms with Crippen LogP contribution in [-0.4, -0.2) is 11.9 Å². The van der Waals surface area contributed by atoms with Crippen LogP contribution in [0.5, 0.6) is 0 Å². The van der Waals surface area contributed by atoms with Crippen LogP contribution in [0.15, 0.2) is 24.3 Å². The lowest BCUT2D eigenvalue weighted by atomic mass is 10.1. The Kier molecular flexibility index (Phi) is 4.16. The van der Waals surface area contributed by atoms with E-state index in [-0.39, 0.29) is 11.9 Å². The van der Waals surface area contributed by atoms with Crippen LogP contribution < -0.4 is 11.1 Å². The first kappa shape index (κ1) is 11.6. The van der Waals surface area contributed by atoms with Gasteiger partial charge in [-0.15, -0.1) is 0 Å². The Morgan fingerprint density at radius 1 is 1.53 bits per heavy atom. The fraction of sp³-hybridized carbons (Fsp3) is 0.417. The largest absolute Gasteiger partial charge is 0.399 e. The van der Waals surface area contributed by atoms with Crippen LogP contribution in [0.25, 0.3) is 0 Å². The van der Waals surface area contributed by atoms with Crippen molar-refractivity contribution in [3.8, 4) is 0 Å². The Morgan fingerprint density at radius 3 is 2.87 bits per heavy atom. The SMILES string of the molecule is CC[C@H](C)NC(=O)Cc1cccc(N)c1. The minimum absolute atomic E-state index is 0.0509. The van der Waals surface area contributed by atoms with Crippen LogP contribution in [0.3, 0.4) is 0 Å². The lowest BCUT2D eigenvalue weighted by molar-refractivity contribution is -0.121. The smallest absolute Gasteiger partial charge is 0.224 e. The van der Waals surface area contributed by atoms with Gasteiger partial charge in [0.1, 0.15) is 0 Å². The predicted octanol–water partition coefficient (Wildman–Crippen LogP) is 1.73. The van der Waals surface area contributed by atoms with Gasteiger partial charge in [0.05, 0.1) is 6.42 Å². The summed E-state index contributed by atoms with van der Waals surface area (Å²) in [6.45, 7) is 4.04. The summed E-state index contributed by atoms with van der Waals surface area (Å²) in [6.07, 6.45) is 1.35. The van der Waals surface area contributed by atoms with Gasteiger partial charge in [0.2, 0.25) is 5.91 Å². The molecule has 1 aromatic carbocycles. The number of hydrogen-bond acceptors (Lipinski definition) is 2. The van der Waals surface area contributed by atoms with Crippen LogP contribution in [0, 0.1) is 0 Å². The Labute approximate surface area is 90.7 Å². The number of amides is 1. The van der Waals surface area contributed by atoms with Gasteiger partial charge < -0.3 is 11.1 Å². The van der Waals surface area contributed by atoms with Crippen molar-refractivity contribution in [1.82, 2.24) is 5.32 Å². The zero-order valence-corrected chi connectivity index (χ0v) is 9.29. The molecular weight excluding hydrogens is 188 g/mol. The van der Waals surface area contributed by atoms with Crippen LogP contribution in [0.2, 0.25) is 0 Å². The van der Waals surface area contributed by atoms with E-state index < -0.39 is 0 Å². The maximum Gasteiger partial charge on any atom is 0.224 e. The topological polar surface area (TPSA) is 55.1 Å². The van der Waals surface area contributed by atoms with Crippen LogP contribution in [0.1, 0.15) is 25.8 Å². The number of carbonyl (C=O) groups excluding carboxylic acids is 1. The lowest BCUT2D eigenvalue weighted by Crippen LogP contribution is -2.33. The highest BCUT2D eigenvalue weighted by Gasteiger charge is 2.06. The highest BCUT2D eigenvalue weighted by atomic mass is 16.1. The molecule has 0 spiro atoms. The number of nitrogens with two attached hydrogens (primary N) is 1. The van der Waals surface area contributed by atoms with Crippen molar-refractivity contribution in [1.29, 1.82) is 0 Å². The summed E-state index contributed by atoms with van der Waals surface area (Å²) in [6, 6.07) is 7.65. The standard InChI is InChI=1S/C12H18N2O/c1-3-9(2)14-12(15)8-10-5-4-6-11(13)7-10/h4-7,9H,3,8,13H2,1-2H3,(H,14,15)/t9-/m0/s1. The second-order valence-electron chi connectivity index (χ2n) is 3.80. The first-order chi connectivity index (χ1) is 7.11. The molecule has 1 amide bonds. The predicted molar refractivity (Wildman–Crippen MR) is 62.5 cm³/mol. The van der Waals surface area contributed by atoms with E-state index in [0.29, 0.717) is 12.1 Å². The minimum Gasteiger partial charge on any atom is -0.399 e. The number of hydrogen-bond donors (Lipinski definition) is 2. The first-order valence-electron chi connectivity index (χ1n) is 5.25. The van der Waals surface area contributed by atoms with Crippen LogP contribution >= 0.6 is 0 Å².